The van der Waals surface area contributed by atoms with E-state index in [9.17, 15) is 33.9 Å². The normalized spacial score (nSPS) is 14.9. The molecular formula is C32H41N5O8. The molecular weight excluding hydrogens is 582 g/mol. The van der Waals surface area contributed by atoms with E-state index < -0.39 is 60.2 Å². The molecule has 2 aromatic rings. The highest BCUT2D eigenvalue weighted by Crippen LogP contribution is 2.09. The Hall–Kier alpha value is -4.78. The Balaban J connectivity index is 1.74. The Morgan fingerprint density at radius 2 is 1.31 bits per heavy atom. The zero-order valence-electron chi connectivity index (χ0n) is 25.5. The molecule has 0 radical (unpaired) electrons. The average Bonchev–Trinajstić information content (AvgIpc) is 3.01. The summed E-state index contributed by atoms with van der Waals surface area (Å²) in [4.78, 5) is 78.6. The fourth-order valence-corrected chi connectivity index (χ4v) is 4.76. The van der Waals surface area contributed by atoms with E-state index in [1.54, 1.807) is 54.6 Å². The number of ether oxygens (including phenoxy) is 1. The van der Waals surface area contributed by atoms with Crippen LogP contribution in [0.15, 0.2) is 60.7 Å². The third-order valence-corrected chi connectivity index (χ3v) is 7.02. The fourth-order valence-electron chi connectivity index (χ4n) is 4.76. The Morgan fingerprint density at radius 1 is 0.756 bits per heavy atom. The number of carboxylic acids is 1. The number of carboxylic acid groups (broad SMARTS) is 1. The van der Waals surface area contributed by atoms with Crippen molar-refractivity contribution in [2.75, 3.05) is 26.3 Å². The predicted molar refractivity (Wildman–Crippen MR) is 164 cm³/mol. The first-order chi connectivity index (χ1) is 21.5. The minimum Gasteiger partial charge on any atom is -0.481 e. The molecule has 0 unspecified atom stereocenters. The third-order valence-electron chi connectivity index (χ3n) is 7.02. The first kappa shape index (κ1) is 34.7. The number of aliphatic carboxylic acids is 1. The summed E-state index contributed by atoms with van der Waals surface area (Å²) in [6, 6.07) is 13.2. The number of carbonyl (C=O) groups excluding carboxylic acids is 5. The van der Waals surface area contributed by atoms with Crippen LogP contribution in [0.3, 0.4) is 0 Å². The molecule has 0 aromatic heterocycles. The minimum atomic E-state index is -1.57. The summed E-state index contributed by atoms with van der Waals surface area (Å²) in [5, 5.41) is 19.5. The minimum absolute atomic E-state index is 0.00589. The average molecular weight is 624 g/mol. The predicted octanol–water partition coefficient (Wildman–Crippen LogP) is 1.02. The maximum Gasteiger partial charge on any atom is 0.324 e. The van der Waals surface area contributed by atoms with Crippen LogP contribution in [0, 0.1) is 5.92 Å². The van der Waals surface area contributed by atoms with Gasteiger partial charge in [-0.15, -0.1) is 0 Å². The van der Waals surface area contributed by atoms with Crippen LogP contribution >= 0.6 is 0 Å². The number of rotatable bonds is 14. The molecule has 0 saturated carbocycles. The number of hydrogen-bond acceptors (Lipinski definition) is 7. The van der Waals surface area contributed by atoms with Gasteiger partial charge >= 0.3 is 12.0 Å². The molecule has 0 aliphatic carbocycles. The van der Waals surface area contributed by atoms with Crippen molar-refractivity contribution in [3.05, 3.63) is 71.8 Å². The van der Waals surface area contributed by atoms with Crippen LogP contribution < -0.4 is 21.3 Å². The molecule has 13 nitrogen and oxygen atoms in total. The van der Waals surface area contributed by atoms with Gasteiger partial charge in [-0.05, 0) is 23.5 Å². The molecule has 3 atom stereocenters. The highest BCUT2D eigenvalue weighted by molar-refractivity contribution is 6.00. The third kappa shape index (κ3) is 12.0. The van der Waals surface area contributed by atoms with Crippen molar-refractivity contribution in [2.45, 2.75) is 57.7 Å². The molecule has 1 saturated heterocycles. The molecule has 5 N–H and O–H groups in total. The molecule has 45 heavy (non-hydrogen) atoms. The smallest absolute Gasteiger partial charge is 0.324 e. The van der Waals surface area contributed by atoms with Gasteiger partial charge in [-0.1, -0.05) is 74.5 Å². The van der Waals surface area contributed by atoms with Crippen LogP contribution in [0.25, 0.3) is 0 Å². The van der Waals surface area contributed by atoms with Gasteiger partial charge in [-0.2, -0.15) is 0 Å². The van der Waals surface area contributed by atoms with Crippen molar-refractivity contribution >= 4 is 35.6 Å². The lowest BCUT2D eigenvalue weighted by Crippen LogP contribution is -2.59. The van der Waals surface area contributed by atoms with E-state index in [-0.39, 0.29) is 25.2 Å². The standard InChI is InChI=1S/C32H41N5O8/c1-21(2)17-24(33-27(38)19-23-11-7-4-8-12-23)29(41)35-26(20-28(39)40)30(42)34-25(18-22-9-5-3-6-10-22)31(43)36-32(44)37-13-15-45-16-14-37/h3-12,21,24-26H,13-20H2,1-2H3,(H,33,38)(H,34,42)(H,35,41)(H,39,40)(H,36,43,44)/t24-,25-,26-/m0/s1. The number of nitrogens with one attached hydrogen (secondary N) is 4. The molecule has 6 amide bonds. The lowest BCUT2D eigenvalue weighted by molar-refractivity contribution is -0.141. The summed E-state index contributed by atoms with van der Waals surface area (Å²) in [6.07, 6.45) is -0.526. The zero-order valence-corrected chi connectivity index (χ0v) is 25.5. The molecule has 1 aliphatic heterocycles. The Bertz CT molecular complexity index is 1320. The van der Waals surface area contributed by atoms with Gasteiger partial charge in [0.15, 0.2) is 0 Å². The Labute approximate surface area is 262 Å². The van der Waals surface area contributed by atoms with Gasteiger partial charge in [0.05, 0.1) is 26.1 Å². The maximum absolute atomic E-state index is 13.4. The van der Waals surface area contributed by atoms with E-state index in [1.165, 1.54) is 4.90 Å². The first-order valence-electron chi connectivity index (χ1n) is 14.9. The second-order valence-corrected chi connectivity index (χ2v) is 11.2. The number of carbonyl (C=O) groups is 6. The molecule has 1 fully saturated rings. The lowest BCUT2D eigenvalue weighted by atomic mass is 10.0. The monoisotopic (exact) mass is 623 g/mol. The van der Waals surface area contributed by atoms with Crippen molar-refractivity contribution in [2.24, 2.45) is 5.92 Å². The lowest BCUT2D eigenvalue weighted by Gasteiger charge is -2.28. The second-order valence-electron chi connectivity index (χ2n) is 11.2. The molecule has 3 rings (SSSR count). The van der Waals surface area contributed by atoms with E-state index in [1.807, 2.05) is 19.9 Å². The van der Waals surface area contributed by atoms with Gasteiger partial charge in [0.2, 0.25) is 17.7 Å². The summed E-state index contributed by atoms with van der Waals surface area (Å²) < 4.78 is 5.24. The number of amides is 6. The van der Waals surface area contributed by atoms with E-state index in [0.717, 1.165) is 5.56 Å². The van der Waals surface area contributed by atoms with Gasteiger partial charge < -0.3 is 30.7 Å². The van der Waals surface area contributed by atoms with E-state index in [0.29, 0.717) is 31.9 Å². The molecule has 242 valence electrons. The van der Waals surface area contributed by atoms with Crippen molar-refractivity contribution < 1.29 is 38.6 Å². The molecule has 0 bridgehead atoms. The quantitative estimate of drug-likeness (QED) is 0.207. The fraction of sp³-hybridized carbons (Fsp3) is 0.438. The van der Waals surface area contributed by atoms with Gasteiger partial charge in [0.1, 0.15) is 18.1 Å². The number of urea groups is 1. The summed E-state index contributed by atoms with van der Waals surface area (Å²) >= 11 is 0. The van der Waals surface area contributed by atoms with Crippen LogP contribution in [0.1, 0.15) is 37.8 Å². The first-order valence-corrected chi connectivity index (χ1v) is 14.9. The summed E-state index contributed by atoms with van der Waals surface area (Å²) in [5.74, 6) is -4.26. The molecule has 1 aliphatic rings. The maximum atomic E-state index is 13.4. The summed E-state index contributed by atoms with van der Waals surface area (Å²) in [7, 11) is 0. The van der Waals surface area contributed by atoms with Crippen molar-refractivity contribution in [3.8, 4) is 0 Å². The van der Waals surface area contributed by atoms with Gasteiger partial charge in [0.25, 0.3) is 5.91 Å². The highest BCUT2D eigenvalue weighted by Gasteiger charge is 2.32. The zero-order chi connectivity index (χ0) is 32.8. The second kappa shape index (κ2) is 17.5. The van der Waals surface area contributed by atoms with Crippen molar-refractivity contribution in [3.63, 3.8) is 0 Å². The summed E-state index contributed by atoms with van der Waals surface area (Å²) in [6.45, 7) is 4.95. The van der Waals surface area contributed by atoms with Crippen LogP contribution in [0.5, 0.6) is 0 Å². The van der Waals surface area contributed by atoms with Crippen LogP contribution in [0.4, 0.5) is 4.79 Å². The van der Waals surface area contributed by atoms with Gasteiger partial charge in [0, 0.05) is 19.5 Å². The Morgan fingerprint density at radius 3 is 1.89 bits per heavy atom. The molecule has 2 aromatic carbocycles. The number of morpholine rings is 1. The number of imide groups is 1. The number of hydrogen-bond donors (Lipinski definition) is 5. The van der Waals surface area contributed by atoms with E-state index in [2.05, 4.69) is 21.3 Å². The topological polar surface area (TPSA) is 183 Å². The number of nitrogens with zero attached hydrogens (tertiary/aromatic N) is 1. The molecule has 1 heterocycles. The highest BCUT2D eigenvalue weighted by atomic mass is 16.5. The van der Waals surface area contributed by atoms with E-state index in [4.69, 9.17) is 4.74 Å². The van der Waals surface area contributed by atoms with Crippen LogP contribution in [-0.2, 0) is 41.6 Å². The molecule has 13 heteroatoms. The van der Waals surface area contributed by atoms with Crippen molar-refractivity contribution in [1.29, 1.82) is 0 Å². The van der Waals surface area contributed by atoms with Crippen LogP contribution in [0.2, 0.25) is 0 Å². The van der Waals surface area contributed by atoms with Crippen molar-refractivity contribution in [1.82, 2.24) is 26.2 Å². The SMILES string of the molecule is CC(C)C[C@H](NC(=O)Cc1ccccc1)C(=O)N[C@@H](CC(=O)O)C(=O)N[C@@H](Cc1ccccc1)C(=O)NC(=O)N1CCOCC1. The van der Waals surface area contributed by atoms with Crippen LogP contribution in [-0.4, -0.2) is 90.1 Å². The van der Waals surface area contributed by atoms with Gasteiger partial charge in [-0.25, -0.2) is 4.79 Å². The van der Waals surface area contributed by atoms with E-state index >= 15 is 0 Å². The largest absolute Gasteiger partial charge is 0.481 e. The molecule has 0 spiro atoms. The number of benzene rings is 2. The Kier molecular flexibility index (Phi) is 13.5. The summed E-state index contributed by atoms with van der Waals surface area (Å²) in [5.41, 5.74) is 1.42. The van der Waals surface area contributed by atoms with Gasteiger partial charge in [-0.3, -0.25) is 29.3 Å².